The fraction of sp³-hybridized carbons (Fsp3) is 0.600. The first-order valence-corrected chi connectivity index (χ1v) is 9.99. The second-order valence-corrected chi connectivity index (χ2v) is 8.78. The van der Waals surface area contributed by atoms with E-state index < -0.39 is 7.37 Å². The van der Waals surface area contributed by atoms with Crippen LogP contribution in [0.25, 0.3) is 0 Å². The number of aromatic nitrogens is 4. The second-order valence-electron chi connectivity index (χ2n) is 5.71. The highest BCUT2D eigenvalue weighted by atomic mass is 31.2. The van der Waals surface area contributed by atoms with Gasteiger partial charge < -0.3 is 24.9 Å². The molecule has 2 heterocycles. The van der Waals surface area contributed by atoms with Crippen molar-refractivity contribution in [2.75, 3.05) is 24.6 Å². The summed E-state index contributed by atoms with van der Waals surface area (Å²) in [4.78, 5) is 14.4. The molecule has 2 aromatic heterocycles. The van der Waals surface area contributed by atoms with Crippen molar-refractivity contribution >= 4 is 13.3 Å². The van der Waals surface area contributed by atoms with Crippen LogP contribution < -0.4 is 5.32 Å². The SMILES string of the molecule is CCOP(=O)(CC)C(CNc1nc(C)c[nH]1)Cc1nc(C)c(O)[nH]1. The zero-order chi connectivity index (χ0) is 17.7. The monoisotopic (exact) mass is 355 g/mol. The minimum atomic E-state index is -2.86. The van der Waals surface area contributed by atoms with E-state index in [2.05, 4.69) is 25.3 Å². The molecule has 2 aromatic rings. The van der Waals surface area contributed by atoms with Gasteiger partial charge in [0.1, 0.15) is 5.82 Å². The van der Waals surface area contributed by atoms with Crippen LogP contribution in [0.15, 0.2) is 6.20 Å². The molecule has 2 rings (SSSR count). The van der Waals surface area contributed by atoms with E-state index in [1.54, 1.807) is 13.1 Å². The minimum Gasteiger partial charge on any atom is -0.493 e. The molecule has 0 aliphatic carbocycles. The molecule has 0 amide bonds. The van der Waals surface area contributed by atoms with Gasteiger partial charge in [-0.2, -0.15) is 0 Å². The zero-order valence-corrected chi connectivity index (χ0v) is 15.5. The predicted molar refractivity (Wildman–Crippen MR) is 94.1 cm³/mol. The Hall–Kier alpha value is -1.79. The van der Waals surface area contributed by atoms with Gasteiger partial charge in [-0.25, -0.2) is 9.97 Å². The first-order valence-electron chi connectivity index (χ1n) is 8.11. The number of rotatable bonds is 9. The maximum absolute atomic E-state index is 13.2. The van der Waals surface area contributed by atoms with Gasteiger partial charge in [0.25, 0.3) is 0 Å². The Balaban J connectivity index is 2.17. The molecule has 2 atom stereocenters. The zero-order valence-electron chi connectivity index (χ0n) is 14.6. The molecule has 0 aliphatic rings. The maximum Gasteiger partial charge on any atom is 0.211 e. The molecule has 0 bridgehead atoms. The van der Waals surface area contributed by atoms with E-state index >= 15 is 0 Å². The summed E-state index contributed by atoms with van der Waals surface area (Å²) < 4.78 is 18.8. The molecule has 0 aliphatic heterocycles. The van der Waals surface area contributed by atoms with Gasteiger partial charge in [0, 0.05) is 25.3 Å². The third-order valence-electron chi connectivity index (χ3n) is 3.89. The number of nitrogens with zero attached hydrogens (tertiary/aromatic N) is 2. The second kappa shape index (κ2) is 7.85. The van der Waals surface area contributed by atoms with E-state index in [9.17, 15) is 9.67 Å². The van der Waals surface area contributed by atoms with Crippen molar-refractivity contribution in [2.45, 2.75) is 39.8 Å². The molecule has 134 valence electrons. The van der Waals surface area contributed by atoms with Crippen LogP contribution in [-0.2, 0) is 15.5 Å². The summed E-state index contributed by atoms with van der Waals surface area (Å²) in [6.07, 6.45) is 2.66. The van der Waals surface area contributed by atoms with Gasteiger partial charge in [0.2, 0.25) is 13.2 Å². The van der Waals surface area contributed by atoms with Crippen LogP contribution in [-0.4, -0.2) is 50.0 Å². The lowest BCUT2D eigenvalue weighted by atomic mass is 10.3. The largest absolute Gasteiger partial charge is 0.493 e. The smallest absolute Gasteiger partial charge is 0.211 e. The van der Waals surface area contributed by atoms with Crippen LogP contribution in [0.1, 0.15) is 31.1 Å². The summed E-state index contributed by atoms with van der Waals surface area (Å²) in [7, 11) is -2.86. The summed E-state index contributed by atoms with van der Waals surface area (Å²) >= 11 is 0. The first kappa shape index (κ1) is 18.5. The predicted octanol–water partition coefficient (Wildman–Crippen LogP) is 2.81. The summed E-state index contributed by atoms with van der Waals surface area (Å²) in [6.45, 7) is 8.14. The number of anilines is 1. The number of aromatic amines is 2. The van der Waals surface area contributed by atoms with E-state index in [4.69, 9.17) is 4.52 Å². The van der Waals surface area contributed by atoms with E-state index in [-0.39, 0.29) is 11.5 Å². The highest BCUT2D eigenvalue weighted by Gasteiger charge is 2.33. The highest BCUT2D eigenvalue weighted by molar-refractivity contribution is 7.59. The van der Waals surface area contributed by atoms with Crippen LogP contribution >= 0.6 is 7.37 Å². The van der Waals surface area contributed by atoms with Crippen LogP contribution in [0.2, 0.25) is 0 Å². The molecule has 9 heteroatoms. The van der Waals surface area contributed by atoms with Crippen molar-refractivity contribution in [1.29, 1.82) is 0 Å². The van der Waals surface area contributed by atoms with Crippen LogP contribution in [0, 0.1) is 13.8 Å². The van der Waals surface area contributed by atoms with Crippen molar-refractivity contribution < 1.29 is 14.2 Å². The first-order chi connectivity index (χ1) is 11.4. The number of imidazole rings is 2. The third kappa shape index (κ3) is 4.39. The van der Waals surface area contributed by atoms with Crippen molar-refractivity contribution in [2.24, 2.45) is 0 Å². The van der Waals surface area contributed by atoms with Crippen molar-refractivity contribution in [3.63, 3.8) is 0 Å². The van der Waals surface area contributed by atoms with E-state index in [1.807, 2.05) is 20.8 Å². The van der Waals surface area contributed by atoms with E-state index in [1.165, 1.54) is 0 Å². The molecule has 0 saturated heterocycles. The Morgan fingerprint density at radius 2 is 2.12 bits per heavy atom. The third-order valence-corrected chi connectivity index (χ3v) is 6.95. The number of aryl methyl sites for hydroxylation is 2. The molecular weight excluding hydrogens is 329 g/mol. The molecule has 0 fully saturated rings. The van der Waals surface area contributed by atoms with Gasteiger partial charge >= 0.3 is 0 Å². The lowest BCUT2D eigenvalue weighted by molar-refractivity contribution is 0.325. The lowest BCUT2D eigenvalue weighted by Crippen LogP contribution is -2.26. The fourth-order valence-corrected chi connectivity index (χ4v) is 4.74. The number of hydrogen-bond acceptors (Lipinski definition) is 6. The normalized spacial score (nSPS) is 15.2. The molecule has 0 spiro atoms. The topological polar surface area (TPSA) is 116 Å². The summed E-state index contributed by atoms with van der Waals surface area (Å²) in [5.41, 5.74) is 1.13. The molecule has 0 aromatic carbocycles. The molecule has 2 unspecified atom stereocenters. The average molecular weight is 355 g/mol. The van der Waals surface area contributed by atoms with Gasteiger partial charge in [0.15, 0.2) is 5.95 Å². The number of aromatic hydroxyl groups is 1. The maximum atomic E-state index is 13.2. The Morgan fingerprint density at radius 1 is 1.38 bits per heavy atom. The quantitative estimate of drug-likeness (QED) is 0.514. The summed E-state index contributed by atoms with van der Waals surface area (Å²) in [6, 6.07) is 0. The molecular formula is C15H26N5O3P. The molecule has 0 radical (unpaired) electrons. The van der Waals surface area contributed by atoms with Crippen molar-refractivity contribution in [3.8, 4) is 5.88 Å². The number of nitrogens with one attached hydrogen (secondary N) is 3. The molecule has 24 heavy (non-hydrogen) atoms. The van der Waals surface area contributed by atoms with Crippen molar-refractivity contribution in [1.82, 2.24) is 19.9 Å². The van der Waals surface area contributed by atoms with Gasteiger partial charge in [-0.15, -0.1) is 0 Å². The van der Waals surface area contributed by atoms with E-state index in [0.717, 1.165) is 5.69 Å². The number of H-pyrrole nitrogens is 2. The minimum absolute atomic E-state index is 0.0427. The molecule has 0 saturated carbocycles. The summed E-state index contributed by atoms with van der Waals surface area (Å²) in [5.74, 6) is 1.28. The van der Waals surface area contributed by atoms with Crippen LogP contribution in [0.3, 0.4) is 0 Å². The Morgan fingerprint density at radius 3 is 2.62 bits per heavy atom. The molecule has 4 N–H and O–H groups in total. The highest BCUT2D eigenvalue weighted by Crippen LogP contribution is 2.52. The van der Waals surface area contributed by atoms with Crippen LogP contribution in [0.4, 0.5) is 5.95 Å². The van der Waals surface area contributed by atoms with Gasteiger partial charge in [0.05, 0.1) is 23.7 Å². The lowest BCUT2D eigenvalue weighted by Gasteiger charge is -2.26. The molecule has 8 nitrogen and oxygen atoms in total. The van der Waals surface area contributed by atoms with Crippen molar-refractivity contribution in [3.05, 3.63) is 23.4 Å². The summed E-state index contributed by atoms with van der Waals surface area (Å²) in [5, 5.41) is 12.9. The van der Waals surface area contributed by atoms with Crippen LogP contribution in [0.5, 0.6) is 5.88 Å². The van der Waals surface area contributed by atoms with Gasteiger partial charge in [-0.1, -0.05) is 6.92 Å². The Bertz CT molecular complexity index is 692. The van der Waals surface area contributed by atoms with E-state index in [0.29, 0.717) is 43.2 Å². The Kier molecular flexibility index (Phi) is 6.07. The average Bonchev–Trinajstić information content (AvgIpc) is 3.09. The van der Waals surface area contributed by atoms with Gasteiger partial charge in [-0.3, -0.25) is 4.57 Å². The fourth-order valence-electron chi connectivity index (χ4n) is 2.57. The number of hydrogen-bond donors (Lipinski definition) is 4. The standard InChI is InChI=1S/C15H26N5O3P/c1-5-23-24(22,6-2)12(7-13-19-11(4)14(21)20-13)9-17-15-16-8-10(3)18-15/h8,12,21H,5-7,9H2,1-4H3,(H,19,20)(H2,16,17,18). The Labute approximate surface area is 141 Å². The van der Waals surface area contributed by atoms with Gasteiger partial charge in [-0.05, 0) is 20.8 Å².